The number of halogens is 1. The van der Waals surface area contributed by atoms with Crippen molar-refractivity contribution in [1.29, 1.82) is 0 Å². The van der Waals surface area contributed by atoms with E-state index in [2.05, 4.69) is 10.2 Å². The maximum absolute atomic E-state index is 12.9. The molecule has 0 spiro atoms. The van der Waals surface area contributed by atoms with Crippen molar-refractivity contribution in [3.8, 4) is 0 Å². The van der Waals surface area contributed by atoms with Crippen LogP contribution in [0.1, 0.15) is 18.4 Å². The van der Waals surface area contributed by atoms with Crippen molar-refractivity contribution in [2.45, 2.75) is 23.3 Å². The molecular formula is C20H20ClN3O3S. The average molecular weight is 418 g/mol. The zero-order chi connectivity index (χ0) is 19.5. The Morgan fingerprint density at radius 3 is 2.50 bits per heavy atom. The fraction of sp³-hybridized carbons (Fsp3) is 0.350. The van der Waals surface area contributed by atoms with Crippen molar-refractivity contribution in [2.75, 3.05) is 13.1 Å². The van der Waals surface area contributed by atoms with Crippen LogP contribution in [0.3, 0.4) is 0 Å². The highest BCUT2D eigenvalue weighted by molar-refractivity contribution is 7.89. The predicted octanol–water partition coefficient (Wildman–Crippen LogP) is 3.13. The van der Waals surface area contributed by atoms with Crippen LogP contribution in [0, 0.1) is 11.8 Å². The van der Waals surface area contributed by atoms with Crippen molar-refractivity contribution in [3.63, 3.8) is 0 Å². The number of aromatic nitrogens is 2. The summed E-state index contributed by atoms with van der Waals surface area (Å²) in [6, 6.07) is 12.1. The van der Waals surface area contributed by atoms with E-state index >= 15 is 0 Å². The molecule has 3 atom stereocenters. The van der Waals surface area contributed by atoms with Crippen LogP contribution in [0.5, 0.6) is 0 Å². The van der Waals surface area contributed by atoms with Crippen LogP contribution in [0.25, 0.3) is 10.9 Å². The van der Waals surface area contributed by atoms with E-state index in [0.717, 1.165) is 16.5 Å². The Kier molecular flexibility index (Phi) is 4.07. The number of hydrogen-bond acceptors (Lipinski definition) is 4. The first-order chi connectivity index (χ1) is 13.4. The van der Waals surface area contributed by atoms with Gasteiger partial charge in [0.1, 0.15) is 0 Å². The second-order valence-corrected chi connectivity index (χ2v) is 10.3. The molecule has 0 radical (unpaired) electrons. The van der Waals surface area contributed by atoms with Gasteiger partial charge < -0.3 is 5.11 Å². The van der Waals surface area contributed by atoms with Gasteiger partial charge in [-0.05, 0) is 54.5 Å². The lowest BCUT2D eigenvalue weighted by Crippen LogP contribution is -2.32. The largest absolute Gasteiger partial charge is 0.385 e. The summed E-state index contributed by atoms with van der Waals surface area (Å²) in [4.78, 5) is 0.320. The minimum Gasteiger partial charge on any atom is -0.385 e. The zero-order valence-corrected chi connectivity index (χ0v) is 16.6. The van der Waals surface area contributed by atoms with E-state index in [9.17, 15) is 13.5 Å². The Labute approximate surface area is 168 Å². The highest BCUT2D eigenvalue weighted by atomic mass is 35.5. The molecule has 1 saturated heterocycles. The van der Waals surface area contributed by atoms with Crippen LogP contribution in [-0.2, 0) is 15.6 Å². The van der Waals surface area contributed by atoms with Gasteiger partial charge in [-0.15, -0.1) is 0 Å². The van der Waals surface area contributed by atoms with Crippen molar-refractivity contribution in [2.24, 2.45) is 11.8 Å². The van der Waals surface area contributed by atoms with Gasteiger partial charge in [0.15, 0.2) is 0 Å². The smallest absolute Gasteiger partial charge is 0.243 e. The molecule has 8 heteroatoms. The monoisotopic (exact) mass is 417 g/mol. The minimum absolute atomic E-state index is 0.115. The first-order valence-electron chi connectivity index (χ1n) is 9.27. The SMILES string of the molecule is O=S(=O)(c1ccccc1)N1C[C@@H]2C[C@](O)(c3cc(Cl)cc4[nH]ncc34)C[C@@H]2C1. The second-order valence-electron chi connectivity index (χ2n) is 7.88. The molecule has 2 fully saturated rings. The zero-order valence-electron chi connectivity index (χ0n) is 15.0. The van der Waals surface area contributed by atoms with Crippen molar-refractivity contribution in [1.82, 2.24) is 14.5 Å². The Hall–Kier alpha value is -1.93. The third kappa shape index (κ3) is 2.76. The molecule has 1 aliphatic heterocycles. The molecule has 0 bridgehead atoms. The summed E-state index contributed by atoms with van der Waals surface area (Å²) in [5.74, 6) is 0.230. The van der Waals surface area contributed by atoms with Crippen LogP contribution < -0.4 is 0 Å². The fourth-order valence-electron chi connectivity index (χ4n) is 4.87. The normalized spacial score (nSPS) is 28.1. The first-order valence-corrected chi connectivity index (χ1v) is 11.1. The fourth-order valence-corrected chi connectivity index (χ4v) is 6.66. The van der Waals surface area contributed by atoms with Crippen molar-refractivity contribution >= 4 is 32.5 Å². The van der Waals surface area contributed by atoms with Crippen LogP contribution in [0.4, 0.5) is 0 Å². The van der Waals surface area contributed by atoms with E-state index in [1.54, 1.807) is 53.0 Å². The Morgan fingerprint density at radius 2 is 1.82 bits per heavy atom. The standard InChI is InChI=1S/C20H20ClN3O3S/c21-15-6-18(17-10-22-23-19(17)7-15)20(25)8-13-11-24(12-14(13)9-20)28(26,27)16-4-2-1-3-5-16/h1-7,10,13-14,25H,8-9,11-12H2,(H,22,23)/t13-,14+,20+. The highest BCUT2D eigenvalue weighted by Gasteiger charge is 2.51. The van der Waals surface area contributed by atoms with Gasteiger partial charge in [0, 0.05) is 23.5 Å². The molecule has 6 nitrogen and oxygen atoms in total. The summed E-state index contributed by atoms with van der Waals surface area (Å²) in [6.45, 7) is 0.860. The Bertz CT molecular complexity index is 1130. The van der Waals surface area contributed by atoms with E-state index in [1.165, 1.54) is 0 Å². The molecule has 146 valence electrons. The summed E-state index contributed by atoms with van der Waals surface area (Å²) in [5, 5.41) is 19.8. The molecule has 5 rings (SSSR count). The van der Waals surface area contributed by atoms with Gasteiger partial charge in [-0.1, -0.05) is 29.8 Å². The Balaban J connectivity index is 1.42. The maximum Gasteiger partial charge on any atom is 0.243 e. The minimum atomic E-state index is -3.50. The van der Waals surface area contributed by atoms with Crippen LogP contribution >= 0.6 is 11.6 Å². The summed E-state index contributed by atoms with van der Waals surface area (Å²) < 4.78 is 27.4. The molecule has 3 aromatic rings. The van der Waals surface area contributed by atoms with Gasteiger partial charge in [-0.3, -0.25) is 5.10 Å². The van der Waals surface area contributed by atoms with E-state index in [-0.39, 0.29) is 11.8 Å². The van der Waals surface area contributed by atoms with Gasteiger partial charge in [-0.2, -0.15) is 9.40 Å². The molecular weight excluding hydrogens is 398 g/mol. The van der Waals surface area contributed by atoms with Gasteiger partial charge >= 0.3 is 0 Å². The molecule has 0 unspecified atom stereocenters. The number of rotatable bonds is 3. The van der Waals surface area contributed by atoms with E-state index < -0.39 is 15.6 Å². The van der Waals surface area contributed by atoms with Crippen LogP contribution in [0.2, 0.25) is 5.02 Å². The number of fused-ring (bicyclic) bond motifs is 2. The third-order valence-electron chi connectivity index (χ3n) is 6.15. The molecule has 2 aromatic carbocycles. The number of benzene rings is 2. The number of sulfonamides is 1. The number of H-pyrrole nitrogens is 1. The summed E-state index contributed by atoms with van der Waals surface area (Å²) in [5.41, 5.74) is 0.544. The van der Waals surface area contributed by atoms with Crippen LogP contribution in [-0.4, -0.2) is 41.1 Å². The summed E-state index contributed by atoms with van der Waals surface area (Å²) in [6.07, 6.45) is 2.73. The molecule has 2 heterocycles. The number of hydrogen-bond donors (Lipinski definition) is 2. The maximum atomic E-state index is 12.9. The number of nitrogens with zero attached hydrogens (tertiary/aromatic N) is 2. The molecule has 0 amide bonds. The first kappa shape index (κ1) is 18.1. The van der Waals surface area contributed by atoms with Gasteiger partial charge in [0.05, 0.1) is 22.2 Å². The van der Waals surface area contributed by atoms with Gasteiger partial charge in [0.2, 0.25) is 10.0 Å². The van der Waals surface area contributed by atoms with Gasteiger partial charge in [-0.25, -0.2) is 8.42 Å². The lowest BCUT2D eigenvalue weighted by atomic mass is 9.88. The molecule has 28 heavy (non-hydrogen) atoms. The van der Waals surface area contributed by atoms with Crippen LogP contribution in [0.15, 0.2) is 53.6 Å². The van der Waals surface area contributed by atoms with Gasteiger partial charge in [0.25, 0.3) is 0 Å². The lowest BCUT2D eigenvalue weighted by Gasteiger charge is -2.27. The molecule has 2 aliphatic rings. The van der Waals surface area contributed by atoms with E-state index in [4.69, 9.17) is 11.6 Å². The molecule has 1 aromatic heterocycles. The third-order valence-corrected chi connectivity index (χ3v) is 8.21. The van der Waals surface area contributed by atoms with Crippen molar-refractivity contribution in [3.05, 3.63) is 59.2 Å². The number of nitrogens with one attached hydrogen (secondary N) is 1. The van der Waals surface area contributed by atoms with E-state index in [1.807, 2.05) is 0 Å². The second kappa shape index (κ2) is 6.29. The molecule has 1 aliphatic carbocycles. The summed E-state index contributed by atoms with van der Waals surface area (Å²) >= 11 is 6.25. The Morgan fingerprint density at radius 1 is 1.14 bits per heavy atom. The van der Waals surface area contributed by atoms with E-state index in [0.29, 0.717) is 35.8 Å². The lowest BCUT2D eigenvalue weighted by molar-refractivity contribution is 0.0353. The molecule has 1 saturated carbocycles. The quantitative estimate of drug-likeness (QED) is 0.685. The topological polar surface area (TPSA) is 86.3 Å². The predicted molar refractivity (Wildman–Crippen MR) is 106 cm³/mol. The molecule has 2 N–H and O–H groups in total. The van der Waals surface area contributed by atoms with Crippen molar-refractivity contribution < 1.29 is 13.5 Å². The summed E-state index contributed by atoms with van der Waals surface area (Å²) in [7, 11) is -3.50. The average Bonchev–Trinajstić information content (AvgIpc) is 3.35. The number of aromatic amines is 1. The number of aliphatic hydroxyl groups is 1. The highest BCUT2D eigenvalue weighted by Crippen LogP contribution is 2.51.